The van der Waals surface area contributed by atoms with E-state index in [9.17, 15) is 23.5 Å². The van der Waals surface area contributed by atoms with E-state index in [0.717, 1.165) is 18.9 Å². The average molecular weight is 388 g/mol. The number of ether oxygens (including phenoxy) is 1. The van der Waals surface area contributed by atoms with Gasteiger partial charge >= 0.3 is 13.2 Å². The zero-order valence-corrected chi connectivity index (χ0v) is 14.8. The number of carbonyl (C=O) groups is 1. The normalized spacial score (nSPS) is 12.9. The van der Waals surface area contributed by atoms with Crippen molar-refractivity contribution in [1.82, 2.24) is 4.98 Å². The van der Waals surface area contributed by atoms with Crippen LogP contribution in [0.2, 0.25) is 0 Å². The Morgan fingerprint density at radius 3 is 2.89 bits per heavy atom. The number of aromatic nitrogens is 1. The van der Waals surface area contributed by atoms with Gasteiger partial charge in [-0.05, 0) is 29.2 Å². The van der Waals surface area contributed by atoms with E-state index < -0.39 is 28.3 Å². The smallest absolute Gasteiger partial charge is 0.453 e. The quantitative estimate of drug-likeness (QED) is 0.627. The monoisotopic (exact) mass is 388 g/mol. The average Bonchev–Trinajstić information content (AvgIpc) is 3.01. The van der Waals surface area contributed by atoms with Gasteiger partial charge in [0.05, 0.1) is 31.2 Å². The highest BCUT2D eigenvalue weighted by atomic mass is 32.2. The number of fused-ring (bicyclic) bond motifs is 1. The van der Waals surface area contributed by atoms with Crippen LogP contribution in [0.25, 0.3) is 0 Å². The van der Waals surface area contributed by atoms with E-state index in [0.29, 0.717) is 5.46 Å². The van der Waals surface area contributed by atoms with Crippen molar-refractivity contribution in [2.24, 2.45) is 0 Å². The molecule has 0 unspecified atom stereocenters. The highest BCUT2D eigenvalue weighted by molar-refractivity contribution is 7.92. The van der Waals surface area contributed by atoms with Gasteiger partial charge in [-0.2, -0.15) is 13.7 Å². The maximum absolute atomic E-state index is 12.6. The third kappa shape index (κ3) is 3.85. The van der Waals surface area contributed by atoms with Crippen LogP contribution in [0.4, 0.5) is 16.2 Å². The number of sulfonamides is 1. The first-order valence-corrected chi connectivity index (χ1v) is 9.03. The number of hydrogen-bond acceptors (Lipinski definition) is 8. The first kappa shape index (κ1) is 18.6. The van der Waals surface area contributed by atoms with E-state index in [4.69, 9.17) is 4.65 Å². The molecular weight excluding hydrogens is 375 g/mol. The van der Waals surface area contributed by atoms with Gasteiger partial charge in [-0.25, -0.2) is 9.78 Å². The number of nitriles is 1. The van der Waals surface area contributed by atoms with E-state index in [1.54, 1.807) is 12.1 Å². The summed E-state index contributed by atoms with van der Waals surface area (Å²) in [5.41, 5.74) is 1.23. The Bertz CT molecular complexity index is 1050. The lowest BCUT2D eigenvalue weighted by atomic mass is 9.79. The number of anilines is 2. The zero-order chi connectivity index (χ0) is 19.6. The molecule has 1 amide bonds. The molecule has 3 N–H and O–H groups in total. The van der Waals surface area contributed by atoms with Crippen molar-refractivity contribution >= 4 is 40.1 Å². The molecule has 12 heteroatoms. The molecule has 0 radical (unpaired) electrons. The minimum absolute atomic E-state index is 0.107. The van der Waals surface area contributed by atoms with Gasteiger partial charge in [0.15, 0.2) is 5.03 Å². The highest BCUT2D eigenvalue weighted by Crippen LogP contribution is 2.21. The molecule has 0 fully saturated rings. The maximum atomic E-state index is 12.6. The fraction of sp³-hybridized carbons (Fsp3) is 0.133. The Hall–Kier alpha value is -3.14. The maximum Gasteiger partial charge on any atom is 0.491 e. The summed E-state index contributed by atoms with van der Waals surface area (Å²) in [6.07, 6.45) is 0.306. The molecule has 10 nitrogen and oxygen atoms in total. The van der Waals surface area contributed by atoms with E-state index in [2.05, 4.69) is 19.8 Å². The fourth-order valence-electron chi connectivity index (χ4n) is 2.47. The Balaban J connectivity index is 1.90. The molecule has 1 aliphatic rings. The number of hydrogen-bond donors (Lipinski definition) is 3. The van der Waals surface area contributed by atoms with Crippen LogP contribution in [-0.4, -0.2) is 38.7 Å². The van der Waals surface area contributed by atoms with Crippen LogP contribution in [-0.2, 0) is 26.0 Å². The first-order valence-electron chi connectivity index (χ1n) is 7.54. The van der Waals surface area contributed by atoms with Crippen LogP contribution in [0.1, 0.15) is 11.1 Å². The van der Waals surface area contributed by atoms with Crippen molar-refractivity contribution in [2.75, 3.05) is 17.1 Å². The minimum atomic E-state index is -4.19. The Morgan fingerprint density at radius 2 is 2.19 bits per heavy atom. The molecule has 138 valence electrons. The second-order valence-corrected chi connectivity index (χ2v) is 7.09. The van der Waals surface area contributed by atoms with Gasteiger partial charge < -0.3 is 14.4 Å². The van der Waals surface area contributed by atoms with Crippen molar-refractivity contribution in [1.29, 1.82) is 5.26 Å². The Morgan fingerprint density at radius 1 is 1.41 bits per heavy atom. The molecule has 27 heavy (non-hydrogen) atoms. The number of nitrogens with one attached hydrogen (secondary N) is 2. The summed E-state index contributed by atoms with van der Waals surface area (Å²) in [4.78, 5) is 15.0. The van der Waals surface area contributed by atoms with Gasteiger partial charge in [0.2, 0.25) is 0 Å². The summed E-state index contributed by atoms with van der Waals surface area (Å²) in [7, 11) is -4.15. The summed E-state index contributed by atoms with van der Waals surface area (Å²) in [6.45, 7) is 0.234. The van der Waals surface area contributed by atoms with Crippen molar-refractivity contribution in [3.8, 4) is 6.07 Å². The summed E-state index contributed by atoms with van der Waals surface area (Å²) in [5, 5.41) is 20.8. The molecule has 0 saturated carbocycles. The van der Waals surface area contributed by atoms with Crippen LogP contribution < -0.4 is 15.5 Å². The van der Waals surface area contributed by atoms with Crippen LogP contribution in [0.3, 0.4) is 0 Å². The number of benzene rings is 1. The third-order valence-corrected chi connectivity index (χ3v) is 5.06. The molecule has 1 aliphatic heterocycles. The van der Waals surface area contributed by atoms with Crippen LogP contribution >= 0.6 is 0 Å². The van der Waals surface area contributed by atoms with Crippen molar-refractivity contribution in [3.05, 3.63) is 41.6 Å². The van der Waals surface area contributed by atoms with Crippen LogP contribution in [0, 0.1) is 11.3 Å². The predicted octanol–water partition coefficient (Wildman–Crippen LogP) is 0.150. The van der Waals surface area contributed by atoms with Gasteiger partial charge in [0.25, 0.3) is 10.0 Å². The van der Waals surface area contributed by atoms with Crippen molar-refractivity contribution in [3.63, 3.8) is 0 Å². The largest absolute Gasteiger partial charge is 0.491 e. The van der Waals surface area contributed by atoms with E-state index in [-0.39, 0.29) is 23.5 Å². The second-order valence-electron chi connectivity index (χ2n) is 5.49. The summed E-state index contributed by atoms with van der Waals surface area (Å²) in [6, 6.07) is 7.49. The Kier molecular flexibility index (Phi) is 5.00. The second kappa shape index (κ2) is 7.24. The number of pyridine rings is 1. The van der Waals surface area contributed by atoms with E-state index in [1.165, 1.54) is 18.2 Å². The minimum Gasteiger partial charge on any atom is -0.453 e. The molecule has 0 spiro atoms. The third-order valence-electron chi connectivity index (χ3n) is 3.72. The predicted molar refractivity (Wildman–Crippen MR) is 94.6 cm³/mol. The molecule has 0 aliphatic carbocycles. The molecular formula is C15H13BN4O6S. The fourth-order valence-corrected chi connectivity index (χ4v) is 3.58. The number of nitrogens with zero attached hydrogens (tertiary/aromatic N) is 2. The lowest BCUT2D eigenvalue weighted by molar-refractivity contribution is 0.187. The molecule has 0 saturated heterocycles. The number of rotatable bonds is 4. The molecule has 2 heterocycles. The van der Waals surface area contributed by atoms with Gasteiger partial charge in [0, 0.05) is 5.69 Å². The highest BCUT2D eigenvalue weighted by Gasteiger charge is 2.28. The van der Waals surface area contributed by atoms with Crippen LogP contribution in [0.5, 0.6) is 0 Å². The van der Waals surface area contributed by atoms with Gasteiger partial charge in [0.1, 0.15) is 6.07 Å². The zero-order valence-electron chi connectivity index (χ0n) is 14.0. The molecule has 1 aromatic carbocycles. The SMILES string of the molecule is COC(=O)Nc1cnc(S(=O)(=O)Nc2ccc3c(c2)B(O)OC3)c(C#N)c1. The van der Waals surface area contributed by atoms with E-state index in [1.807, 2.05) is 0 Å². The van der Waals surface area contributed by atoms with Crippen molar-refractivity contribution in [2.45, 2.75) is 11.6 Å². The van der Waals surface area contributed by atoms with Crippen LogP contribution in [0.15, 0.2) is 35.5 Å². The molecule has 1 aromatic heterocycles. The standard InChI is InChI=1S/C15H13BN4O6S/c1-25-15(21)19-12-4-10(6-17)14(18-7-12)27(23,24)20-11-3-2-9-8-26-16(22)13(9)5-11/h2-5,7,20,22H,8H2,1H3,(H,19,21). The molecule has 3 rings (SSSR count). The molecule has 2 aromatic rings. The number of methoxy groups -OCH3 is 1. The molecule has 0 bridgehead atoms. The van der Waals surface area contributed by atoms with Gasteiger partial charge in [-0.3, -0.25) is 10.0 Å². The summed E-state index contributed by atoms with van der Waals surface area (Å²) < 4.78 is 37.0. The summed E-state index contributed by atoms with van der Waals surface area (Å²) in [5.74, 6) is 0. The van der Waals surface area contributed by atoms with Crippen molar-refractivity contribution < 1.29 is 27.6 Å². The topological polar surface area (TPSA) is 151 Å². The molecule has 0 atom stereocenters. The number of carbonyl (C=O) groups excluding carboxylic acids is 1. The first-order chi connectivity index (χ1) is 12.8. The van der Waals surface area contributed by atoms with Gasteiger partial charge in [-0.1, -0.05) is 6.07 Å². The van der Waals surface area contributed by atoms with Gasteiger partial charge in [-0.15, -0.1) is 0 Å². The van der Waals surface area contributed by atoms with E-state index >= 15 is 0 Å². The summed E-state index contributed by atoms with van der Waals surface area (Å²) >= 11 is 0. The number of amides is 1. The lowest BCUT2D eigenvalue weighted by Gasteiger charge is -2.11. The lowest BCUT2D eigenvalue weighted by Crippen LogP contribution is -2.28. The Labute approximate surface area is 154 Å².